The van der Waals surface area contributed by atoms with Crippen LogP contribution in [0.15, 0.2) is 12.1 Å². The Kier molecular flexibility index (Phi) is 4.92. The van der Waals surface area contributed by atoms with Crippen LogP contribution in [0.2, 0.25) is 0 Å². The van der Waals surface area contributed by atoms with Gasteiger partial charge in [0.2, 0.25) is 5.91 Å². The Hall–Kier alpha value is -2.04. The Bertz CT molecular complexity index is 474. The molecule has 0 aromatic heterocycles. The van der Waals surface area contributed by atoms with Gasteiger partial charge in [-0.25, -0.2) is 4.79 Å². The summed E-state index contributed by atoms with van der Waals surface area (Å²) >= 11 is 0. The molecule has 0 unspecified atom stereocenters. The molecule has 1 rings (SSSR count). The average Bonchev–Trinajstić information content (AvgIpc) is 2.30. The van der Waals surface area contributed by atoms with E-state index in [1.807, 2.05) is 26.0 Å². The highest BCUT2D eigenvalue weighted by Gasteiger charge is 2.22. The van der Waals surface area contributed by atoms with E-state index in [1.54, 1.807) is 0 Å². The van der Waals surface area contributed by atoms with Crippen molar-refractivity contribution in [3.05, 3.63) is 28.8 Å². The molecule has 104 valence electrons. The van der Waals surface area contributed by atoms with Gasteiger partial charge in [0.15, 0.2) is 0 Å². The number of nitrogen functional groups attached to an aromatic ring is 1. The number of benzene rings is 1. The lowest BCUT2D eigenvalue weighted by atomic mass is 9.95. The number of amides is 1. The molecule has 1 amide bonds. The monoisotopic (exact) mass is 264 g/mol. The van der Waals surface area contributed by atoms with Crippen LogP contribution in [0.25, 0.3) is 0 Å². The van der Waals surface area contributed by atoms with Crippen LogP contribution >= 0.6 is 0 Å². The maximum absolute atomic E-state index is 11.7. The second-order valence-electron chi connectivity index (χ2n) is 4.61. The van der Waals surface area contributed by atoms with Crippen molar-refractivity contribution in [2.24, 2.45) is 0 Å². The summed E-state index contributed by atoms with van der Waals surface area (Å²) in [6.45, 7) is 5.24. The van der Waals surface area contributed by atoms with Gasteiger partial charge in [0.25, 0.3) is 0 Å². The summed E-state index contributed by atoms with van der Waals surface area (Å²) in [5, 5.41) is 2.60. The Morgan fingerprint density at radius 3 is 2.26 bits per heavy atom. The summed E-state index contributed by atoms with van der Waals surface area (Å²) in [6, 6.07) is 3.03. The van der Waals surface area contributed by atoms with Gasteiger partial charge < -0.3 is 15.8 Å². The van der Waals surface area contributed by atoms with E-state index in [4.69, 9.17) is 10.5 Å². The van der Waals surface area contributed by atoms with Crippen LogP contribution < -0.4 is 11.1 Å². The number of hydrogen-bond acceptors (Lipinski definition) is 4. The van der Waals surface area contributed by atoms with E-state index in [0.29, 0.717) is 12.1 Å². The smallest absolute Gasteiger partial charge is 0.328 e. The van der Waals surface area contributed by atoms with Crippen LogP contribution in [0.5, 0.6) is 0 Å². The molecule has 5 nitrogen and oxygen atoms in total. The molecule has 0 fully saturated rings. The summed E-state index contributed by atoms with van der Waals surface area (Å²) in [5.41, 5.74) is 9.44. The molecule has 1 aromatic rings. The predicted molar refractivity (Wildman–Crippen MR) is 73.7 cm³/mol. The Balaban J connectivity index is 3.02. The van der Waals surface area contributed by atoms with Crippen molar-refractivity contribution in [2.45, 2.75) is 33.2 Å². The minimum atomic E-state index is -0.677. The molecule has 0 heterocycles. The topological polar surface area (TPSA) is 81.4 Å². The molecule has 0 bridgehead atoms. The lowest BCUT2D eigenvalue weighted by Crippen LogP contribution is -2.42. The number of carbonyl (C=O) groups excluding carboxylic acids is 2. The van der Waals surface area contributed by atoms with Crippen LogP contribution in [0.3, 0.4) is 0 Å². The first-order chi connectivity index (χ1) is 8.85. The lowest BCUT2D eigenvalue weighted by molar-refractivity contribution is -0.144. The second kappa shape index (κ2) is 6.22. The summed E-state index contributed by atoms with van der Waals surface area (Å²) < 4.78 is 4.71. The van der Waals surface area contributed by atoms with E-state index >= 15 is 0 Å². The second-order valence-corrected chi connectivity index (χ2v) is 4.61. The number of anilines is 1. The standard InChI is InChI=1S/C14H20N2O3/c1-8-5-11(15)6-9(2)12(8)7-13(14(18)19-4)16-10(3)17/h5-6,13H,7,15H2,1-4H3,(H,16,17)/t13-/m0/s1. The van der Waals surface area contributed by atoms with Crippen LogP contribution in [-0.4, -0.2) is 25.0 Å². The van der Waals surface area contributed by atoms with Crippen LogP contribution in [-0.2, 0) is 20.7 Å². The molecule has 1 atom stereocenters. The Labute approximate surface area is 113 Å². The number of nitrogens with two attached hydrogens (primary N) is 1. The van der Waals surface area contributed by atoms with E-state index in [-0.39, 0.29) is 5.91 Å². The van der Waals surface area contributed by atoms with E-state index in [2.05, 4.69) is 5.32 Å². The van der Waals surface area contributed by atoms with Crippen molar-refractivity contribution in [2.75, 3.05) is 12.8 Å². The van der Waals surface area contributed by atoms with Gasteiger partial charge >= 0.3 is 5.97 Å². The molecule has 0 radical (unpaired) electrons. The largest absolute Gasteiger partial charge is 0.467 e. The number of esters is 1. The molecule has 0 aliphatic rings. The molecule has 19 heavy (non-hydrogen) atoms. The number of aryl methyl sites for hydroxylation is 2. The van der Waals surface area contributed by atoms with Crippen molar-refractivity contribution < 1.29 is 14.3 Å². The van der Waals surface area contributed by atoms with Crippen molar-refractivity contribution in [1.82, 2.24) is 5.32 Å². The first-order valence-corrected chi connectivity index (χ1v) is 6.05. The van der Waals surface area contributed by atoms with Gasteiger partial charge in [-0.2, -0.15) is 0 Å². The molecular formula is C14H20N2O3. The molecular weight excluding hydrogens is 244 g/mol. The van der Waals surface area contributed by atoms with Gasteiger partial charge in [-0.15, -0.1) is 0 Å². The summed E-state index contributed by atoms with van der Waals surface area (Å²) in [6.07, 6.45) is 0.393. The zero-order valence-electron chi connectivity index (χ0n) is 11.7. The summed E-state index contributed by atoms with van der Waals surface area (Å²) in [4.78, 5) is 22.8. The third-order valence-corrected chi connectivity index (χ3v) is 2.99. The molecule has 1 aromatic carbocycles. The van der Waals surface area contributed by atoms with Crippen LogP contribution in [0, 0.1) is 13.8 Å². The molecule has 0 spiro atoms. The van der Waals surface area contributed by atoms with Gasteiger partial charge in [-0.1, -0.05) is 0 Å². The van der Waals surface area contributed by atoms with Crippen molar-refractivity contribution >= 4 is 17.6 Å². The number of carbonyl (C=O) groups is 2. The third-order valence-electron chi connectivity index (χ3n) is 2.99. The number of nitrogens with one attached hydrogen (secondary N) is 1. The zero-order valence-corrected chi connectivity index (χ0v) is 11.7. The fraction of sp³-hybridized carbons (Fsp3) is 0.429. The molecule has 0 saturated carbocycles. The van der Waals surface area contributed by atoms with Crippen LogP contribution in [0.4, 0.5) is 5.69 Å². The van der Waals surface area contributed by atoms with Crippen molar-refractivity contribution in [3.8, 4) is 0 Å². The third kappa shape index (κ3) is 3.98. The van der Waals surface area contributed by atoms with E-state index in [9.17, 15) is 9.59 Å². The van der Waals surface area contributed by atoms with Gasteiger partial charge in [0.1, 0.15) is 6.04 Å². The molecule has 0 aliphatic carbocycles. The number of ether oxygens (including phenoxy) is 1. The van der Waals surface area contributed by atoms with E-state index in [0.717, 1.165) is 16.7 Å². The minimum absolute atomic E-state index is 0.263. The molecule has 0 aliphatic heterocycles. The molecule has 3 N–H and O–H groups in total. The van der Waals surface area contributed by atoms with E-state index in [1.165, 1.54) is 14.0 Å². The fourth-order valence-corrected chi connectivity index (χ4v) is 2.13. The number of methoxy groups -OCH3 is 1. The number of hydrogen-bond donors (Lipinski definition) is 2. The van der Waals surface area contributed by atoms with E-state index < -0.39 is 12.0 Å². The lowest BCUT2D eigenvalue weighted by Gasteiger charge is -2.18. The highest BCUT2D eigenvalue weighted by Crippen LogP contribution is 2.20. The maximum Gasteiger partial charge on any atom is 0.328 e. The Morgan fingerprint density at radius 1 is 1.32 bits per heavy atom. The predicted octanol–water partition coefficient (Wildman–Crippen LogP) is 1.11. The summed E-state index contributed by atoms with van der Waals surface area (Å²) in [5.74, 6) is -0.716. The number of rotatable bonds is 4. The van der Waals surface area contributed by atoms with Crippen LogP contribution in [0.1, 0.15) is 23.6 Å². The van der Waals surface area contributed by atoms with Gasteiger partial charge in [-0.05, 0) is 42.7 Å². The first-order valence-electron chi connectivity index (χ1n) is 6.05. The van der Waals surface area contributed by atoms with Crippen molar-refractivity contribution in [3.63, 3.8) is 0 Å². The SMILES string of the molecule is COC(=O)[C@H](Cc1c(C)cc(N)cc1C)NC(C)=O. The maximum atomic E-state index is 11.7. The van der Waals surface area contributed by atoms with Gasteiger partial charge in [0.05, 0.1) is 7.11 Å². The van der Waals surface area contributed by atoms with Gasteiger partial charge in [0, 0.05) is 19.0 Å². The normalized spacial score (nSPS) is 11.8. The quantitative estimate of drug-likeness (QED) is 0.630. The minimum Gasteiger partial charge on any atom is -0.467 e. The van der Waals surface area contributed by atoms with Crippen molar-refractivity contribution in [1.29, 1.82) is 0 Å². The zero-order chi connectivity index (χ0) is 14.6. The first kappa shape index (κ1) is 15.0. The average molecular weight is 264 g/mol. The fourth-order valence-electron chi connectivity index (χ4n) is 2.13. The summed E-state index contributed by atoms with van der Waals surface area (Å²) in [7, 11) is 1.31. The highest BCUT2D eigenvalue weighted by atomic mass is 16.5. The molecule has 5 heteroatoms. The Morgan fingerprint density at radius 2 is 1.84 bits per heavy atom. The highest BCUT2D eigenvalue weighted by molar-refractivity contribution is 5.83. The van der Waals surface area contributed by atoms with Gasteiger partial charge in [-0.3, -0.25) is 4.79 Å². The molecule has 0 saturated heterocycles.